The molecule has 0 bridgehead atoms. The second-order valence-corrected chi connectivity index (χ2v) is 6.54. The Bertz CT molecular complexity index is 688. The third-order valence-electron chi connectivity index (χ3n) is 5.03. The standard InChI is InChI=1S/C16H20N4O3.ClH/c17-16(5-1-6-16)15-18-13(23-19-15)11-2-7-20(8-3-11)14(21)12-4-9-22-10-12;/h4,9-11H,1-3,5-8,17H2;1H. The summed E-state index contributed by atoms with van der Waals surface area (Å²) in [6.07, 6.45) is 7.61. The average molecular weight is 353 g/mol. The van der Waals surface area contributed by atoms with Gasteiger partial charge >= 0.3 is 0 Å². The number of likely N-dealkylation sites (tertiary alicyclic amines) is 1. The van der Waals surface area contributed by atoms with Crippen LogP contribution < -0.4 is 5.73 Å². The summed E-state index contributed by atoms with van der Waals surface area (Å²) in [5.41, 5.74) is 6.44. The minimum Gasteiger partial charge on any atom is -0.472 e. The molecule has 4 rings (SSSR count). The fraction of sp³-hybridized carbons (Fsp3) is 0.562. The Labute approximate surface area is 146 Å². The number of amides is 1. The second-order valence-electron chi connectivity index (χ2n) is 6.54. The van der Waals surface area contributed by atoms with E-state index < -0.39 is 0 Å². The van der Waals surface area contributed by atoms with Crippen molar-refractivity contribution in [3.05, 3.63) is 35.9 Å². The van der Waals surface area contributed by atoms with Crippen LogP contribution in [0.3, 0.4) is 0 Å². The number of carbonyl (C=O) groups is 1. The van der Waals surface area contributed by atoms with Crippen LogP contribution in [0.1, 0.15) is 60.1 Å². The highest BCUT2D eigenvalue weighted by molar-refractivity contribution is 5.93. The monoisotopic (exact) mass is 352 g/mol. The van der Waals surface area contributed by atoms with E-state index >= 15 is 0 Å². The third-order valence-corrected chi connectivity index (χ3v) is 5.03. The maximum absolute atomic E-state index is 12.3. The van der Waals surface area contributed by atoms with Gasteiger partial charge in [0.15, 0.2) is 5.82 Å². The van der Waals surface area contributed by atoms with E-state index in [9.17, 15) is 4.79 Å². The molecule has 1 aliphatic carbocycles. The molecule has 24 heavy (non-hydrogen) atoms. The lowest BCUT2D eigenvalue weighted by atomic mass is 9.77. The lowest BCUT2D eigenvalue weighted by Gasteiger charge is -2.34. The van der Waals surface area contributed by atoms with Gasteiger partial charge in [0.2, 0.25) is 5.89 Å². The van der Waals surface area contributed by atoms with Crippen LogP contribution in [0.15, 0.2) is 27.5 Å². The van der Waals surface area contributed by atoms with E-state index in [2.05, 4.69) is 10.1 Å². The Kier molecular flexibility index (Phi) is 4.64. The van der Waals surface area contributed by atoms with Crippen LogP contribution in [0.5, 0.6) is 0 Å². The van der Waals surface area contributed by atoms with Crippen LogP contribution in [0, 0.1) is 0 Å². The molecular weight excluding hydrogens is 332 g/mol. The van der Waals surface area contributed by atoms with Crippen LogP contribution in [-0.2, 0) is 5.54 Å². The van der Waals surface area contributed by atoms with E-state index in [1.165, 1.54) is 12.5 Å². The van der Waals surface area contributed by atoms with Gasteiger partial charge < -0.3 is 19.6 Å². The molecule has 1 saturated carbocycles. The second kappa shape index (κ2) is 6.57. The largest absolute Gasteiger partial charge is 0.472 e. The van der Waals surface area contributed by atoms with E-state index in [-0.39, 0.29) is 29.8 Å². The fourth-order valence-electron chi connectivity index (χ4n) is 3.28. The predicted molar refractivity (Wildman–Crippen MR) is 87.8 cm³/mol. The molecule has 7 nitrogen and oxygen atoms in total. The summed E-state index contributed by atoms with van der Waals surface area (Å²) in [5, 5.41) is 4.08. The van der Waals surface area contributed by atoms with E-state index in [0.717, 1.165) is 32.1 Å². The zero-order valence-electron chi connectivity index (χ0n) is 13.3. The Hall–Kier alpha value is -1.86. The molecular formula is C16H21ClN4O3. The highest BCUT2D eigenvalue weighted by Crippen LogP contribution is 2.38. The maximum Gasteiger partial charge on any atom is 0.257 e. The van der Waals surface area contributed by atoms with Crippen LogP contribution in [0.4, 0.5) is 0 Å². The number of piperidine rings is 1. The number of hydrogen-bond acceptors (Lipinski definition) is 6. The van der Waals surface area contributed by atoms with Crippen molar-refractivity contribution in [2.24, 2.45) is 5.73 Å². The number of nitrogens with zero attached hydrogens (tertiary/aromatic N) is 3. The number of nitrogens with two attached hydrogens (primary N) is 1. The molecule has 2 aromatic heterocycles. The Morgan fingerprint density at radius 1 is 1.33 bits per heavy atom. The van der Waals surface area contributed by atoms with Crippen LogP contribution in [-0.4, -0.2) is 34.0 Å². The number of carbonyl (C=O) groups excluding carboxylic acids is 1. The summed E-state index contributed by atoms with van der Waals surface area (Å²) >= 11 is 0. The number of furan rings is 1. The van der Waals surface area contributed by atoms with Gasteiger partial charge in [-0.3, -0.25) is 4.79 Å². The molecule has 2 aliphatic rings. The fourth-order valence-corrected chi connectivity index (χ4v) is 3.28. The van der Waals surface area contributed by atoms with E-state index in [4.69, 9.17) is 14.7 Å². The highest BCUT2D eigenvalue weighted by Gasteiger charge is 2.39. The maximum atomic E-state index is 12.3. The molecule has 1 amide bonds. The van der Waals surface area contributed by atoms with Crippen LogP contribution in [0.2, 0.25) is 0 Å². The summed E-state index contributed by atoms with van der Waals surface area (Å²) in [6.45, 7) is 1.36. The molecule has 2 N–H and O–H groups in total. The van der Waals surface area contributed by atoms with Crippen molar-refractivity contribution < 1.29 is 13.7 Å². The van der Waals surface area contributed by atoms with Crippen molar-refractivity contribution in [2.75, 3.05) is 13.1 Å². The molecule has 0 spiro atoms. The molecule has 0 unspecified atom stereocenters. The zero-order chi connectivity index (χ0) is 15.9. The minimum atomic E-state index is -0.389. The smallest absolute Gasteiger partial charge is 0.257 e. The van der Waals surface area contributed by atoms with Crippen molar-refractivity contribution in [1.29, 1.82) is 0 Å². The number of halogens is 1. The van der Waals surface area contributed by atoms with Gasteiger partial charge in [-0.2, -0.15) is 4.98 Å². The lowest BCUT2D eigenvalue weighted by Crippen LogP contribution is -2.44. The molecule has 0 radical (unpaired) electrons. The Morgan fingerprint density at radius 2 is 2.08 bits per heavy atom. The van der Waals surface area contributed by atoms with Crippen molar-refractivity contribution in [3.63, 3.8) is 0 Å². The summed E-state index contributed by atoms with van der Waals surface area (Å²) < 4.78 is 10.4. The Balaban J connectivity index is 0.00000169. The summed E-state index contributed by atoms with van der Waals surface area (Å²) in [7, 11) is 0. The van der Waals surface area contributed by atoms with E-state index in [1.54, 1.807) is 6.07 Å². The normalized spacial score (nSPS) is 20.3. The Morgan fingerprint density at radius 3 is 2.67 bits per heavy atom. The van der Waals surface area contributed by atoms with Gasteiger partial charge in [-0.15, -0.1) is 12.4 Å². The van der Waals surface area contributed by atoms with Gasteiger partial charge in [-0.25, -0.2) is 0 Å². The van der Waals surface area contributed by atoms with Gasteiger partial charge in [0.1, 0.15) is 6.26 Å². The zero-order valence-corrected chi connectivity index (χ0v) is 14.1. The SMILES string of the molecule is Cl.NC1(c2noc(C3CCN(C(=O)c4ccoc4)CC3)n2)CCC1. The van der Waals surface area contributed by atoms with Gasteiger partial charge in [0.05, 0.1) is 17.4 Å². The predicted octanol–water partition coefficient (Wildman–Crippen LogP) is 2.44. The van der Waals surface area contributed by atoms with Gasteiger partial charge in [0.25, 0.3) is 5.91 Å². The van der Waals surface area contributed by atoms with Crippen molar-refractivity contribution >= 4 is 18.3 Å². The quantitative estimate of drug-likeness (QED) is 0.910. The highest BCUT2D eigenvalue weighted by atomic mass is 35.5. The average Bonchev–Trinajstić information content (AvgIpc) is 3.23. The molecule has 3 heterocycles. The summed E-state index contributed by atoms with van der Waals surface area (Å²) in [5.74, 6) is 1.51. The molecule has 2 fully saturated rings. The van der Waals surface area contributed by atoms with Crippen LogP contribution in [0.25, 0.3) is 0 Å². The molecule has 0 aromatic carbocycles. The topological polar surface area (TPSA) is 98.4 Å². The number of hydrogen-bond donors (Lipinski definition) is 1. The molecule has 2 aromatic rings. The molecule has 0 atom stereocenters. The first kappa shape index (κ1) is 17.0. The van der Waals surface area contributed by atoms with Gasteiger partial charge in [-0.1, -0.05) is 5.16 Å². The summed E-state index contributed by atoms with van der Waals surface area (Å²) in [4.78, 5) is 18.7. The first-order chi connectivity index (χ1) is 11.2. The first-order valence-corrected chi connectivity index (χ1v) is 8.10. The molecule has 1 saturated heterocycles. The van der Waals surface area contributed by atoms with Crippen LogP contribution >= 0.6 is 12.4 Å². The third kappa shape index (κ3) is 2.93. The number of rotatable bonds is 3. The van der Waals surface area contributed by atoms with Gasteiger partial charge in [0, 0.05) is 19.0 Å². The van der Waals surface area contributed by atoms with Crippen molar-refractivity contribution in [3.8, 4) is 0 Å². The van der Waals surface area contributed by atoms with Crippen molar-refractivity contribution in [2.45, 2.75) is 43.6 Å². The molecule has 8 heteroatoms. The minimum absolute atomic E-state index is 0. The van der Waals surface area contributed by atoms with E-state index in [1.807, 2.05) is 4.90 Å². The molecule has 130 valence electrons. The number of aromatic nitrogens is 2. The van der Waals surface area contributed by atoms with Crippen molar-refractivity contribution in [1.82, 2.24) is 15.0 Å². The first-order valence-electron chi connectivity index (χ1n) is 8.10. The molecule has 1 aliphatic heterocycles. The summed E-state index contributed by atoms with van der Waals surface area (Å²) in [6, 6.07) is 1.69. The lowest BCUT2D eigenvalue weighted by molar-refractivity contribution is 0.0704. The van der Waals surface area contributed by atoms with Gasteiger partial charge in [-0.05, 0) is 38.2 Å². The van der Waals surface area contributed by atoms with E-state index in [0.29, 0.717) is 30.4 Å².